The fraction of sp³-hybridized carbons (Fsp3) is 0. The summed E-state index contributed by atoms with van der Waals surface area (Å²) in [4.78, 5) is 18.7. The predicted molar refractivity (Wildman–Crippen MR) is 136 cm³/mol. The van der Waals surface area contributed by atoms with Gasteiger partial charge in [0, 0.05) is 16.2 Å². The Kier molecular flexibility index (Phi) is 3.70. The van der Waals surface area contributed by atoms with Gasteiger partial charge in [-0.3, -0.25) is 9.20 Å². The largest absolute Gasteiger partial charge is 0.268 e. The van der Waals surface area contributed by atoms with Crippen molar-refractivity contribution in [2.75, 3.05) is 0 Å². The molecule has 33 heavy (non-hydrogen) atoms. The van der Waals surface area contributed by atoms with Crippen LogP contribution >= 0.6 is 0 Å². The van der Waals surface area contributed by atoms with Crippen LogP contribution in [0.4, 0.5) is 0 Å². The first kappa shape index (κ1) is 18.1. The second kappa shape index (κ2) is 6.75. The van der Waals surface area contributed by atoms with E-state index in [0.717, 1.165) is 54.8 Å². The third-order valence-electron chi connectivity index (χ3n) is 6.56. The third-order valence-corrected chi connectivity index (χ3v) is 6.56. The Morgan fingerprint density at radius 2 is 1.30 bits per heavy atom. The SMILES string of the molecule is O=c1c2ccc(-c3ccccc3)c3cccc(c32)c2nc3cc(-c4ccccc4)ccc3n12. The molecule has 0 spiro atoms. The van der Waals surface area contributed by atoms with Gasteiger partial charge < -0.3 is 0 Å². The number of hydrogen-bond donors (Lipinski definition) is 0. The van der Waals surface area contributed by atoms with E-state index >= 15 is 0 Å². The molecule has 0 aliphatic carbocycles. The molecule has 3 heteroatoms. The van der Waals surface area contributed by atoms with Gasteiger partial charge in [-0.25, -0.2) is 4.98 Å². The van der Waals surface area contributed by atoms with E-state index in [2.05, 4.69) is 60.7 Å². The molecule has 0 unspecified atom stereocenters. The molecule has 0 N–H and O–H groups in total. The molecule has 0 aliphatic heterocycles. The van der Waals surface area contributed by atoms with Crippen LogP contribution in [-0.4, -0.2) is 9.38 Å². The quantitative estimate of drug-likeness (QED) is 0.303. The van der Waals surface area contributed by atoms with Crippen molar-refractivity contribution in [1.82, 2.24) is 9.38 Å². The molecular weight excluding hydrogens is 404 g/mol. The number of rotatable bonds is 2. The fourth-order valence-electron chi connectivity index (χ4n) is 5.04. The Morgan fingerprint density at radius 1 is 0.576 bits per heavy atom. The maximum Gasteiger partial charge on any atom is 0.264 e. The van der Waals surface area contributed by atoms with Gasteiger partial charge in [0.2, 0.25) is 0 Å². The van der Waals surface area contributed by atoms with Crippen LogP contribution in [0.25, 0.3) is 60.5 Å². The van der Waals surface area contributed by atoms with Crippen molar-refractivity contribution < 1.29 is 0 Å². The number of nitrogens with zero attached hydrogens (tertiary/aromatic N) is 2. The average molecular weight is 422 g/mol. The maximum atomic E-state index is 13.7. The highest BCUT2D eigenvalue weighted by atomic mass is 16.1. The molecule has 0 atom stereocenters. The minimum Gasteiger partial charge on any atom is -0.268 e. The van der Waals surface area contributed by atoms with Crippen LogP contribution in [0, 0.1) is 0 Å². The normalized spacial score (nSPS) is 11.8. The van der Waals surface area contributed by atoms with E-state index in [4.69, 9.17) is 4.98 Å². The van der Waals surface area contributed by atoms with Crippen molar-refractivity contribution >= 4 is 38.2 Å². The van der Waals surface area contributed by atoms with E-state index in [1.807, 2.05) is 48.5 Å². The van der Waals surface area contributed by atoms with Crippen molar-refractivity contribution in [2.45, 2.75) is 0 Å². The number of pyridine rings is 1. The minimum absolute atomic E-state index is 0.0247. The Hall–Kier alpha value is -4.50. The van der Waals surface area contributed by atoms with Gasteiger partial charge in [0.25, 0.3) is 5.56 Å². The fourth-order valence-corrected chi connectivity index (χ4v) is 5.04. The summed E-state index contributed by atoms with van der Waals surface area (Å²) < 4.78 is 1.77. The molecule has 154 valence electrons. The highest BCUT2D eigenvalue weighted by Gasteiger charge is 2.18. The first-order chi connectivity index (χ1) is 16.3. The lowest BCUT2D eigenvalue weighted by molar-refractivity contribution is 1.19. The van der Waals surface area contributed by atoms with E-state index in [1.165, 1.54) is 0 Å². The third kappa shape index (κ3) is 2.56. The molecule has 5 aromatic carbocycles. The van der Waals surface area contributed by atoms with Gasteiger partial charge in [0.05, 0.1) is 11.0 Å². The Balaban J connectivity index is 1.59. The first-order valence-electron chi connectivity index (χ1n) is 11.0. The molecule has 0 bridgehead atoms. The first-order valence-corrected chi connectivity index (χ1v) is 11.0. The van der Waals surface area contributed by atoms with Gasteiger partial charge in [-0.1, -0.05) is 91.0 Å². The topological polar surface area (TPSA) is 34.4 Å². The molecule has 0 saturated carbocycles. The predicted octanol–water partition coefficient (Wildman–Crippen LogP) is 6.93. The standard InChI is InChI=1S/C30H18N2O/c33-30-25-16-15-22(20-10-5-2-6-11-20)23-12-7-13-24(28(23)25)29-31-26-18-21(14-17-27(26)32(29)30)19-8-3-1-4-9-19/h1-18H. The van der Waals surface area contributed by atoms with Crippen molar-refractivity contribution in [1.29, 1.82) is 0 Å². The Morgan fingerprint density at radius 3 is 2.09 bits per heavy atom. The Bertz CT molecular complexity index is 1870. The van der Waals surface area contributed by atoms with Gasteiger partial charge in [-0.2, -0.15) is 0 Å². The summed E-state index contributed by atoms with van der Waals surface area (Å²) in [5.41, 5.74) is 6.84. The smallest absolute Gasteiger partial charge is 0.264 e. The molecule has 3 nitrogen and oxygen atoms in total. The van der Waals surface area contributed by atoms with Crippen LogP contribution in [0.15, 0.2) is 114 Å². The average Bonchev–Trinajstić information content (AvgIpc) is 3.27. The van der Waals surface area contributed by atoms with E-state index in [9.17, 15) is 4.79 Å². The second-order valence-electron chi connectivity index (χ2n) is 8.40. The molecule has 7 aromatic rings. The zero-order chi connectivity index (χ0) is 21.9. The van der Waals surface area contributed by atoms with Gasteiger partial charge >= 0.3 is 0 Å². The molecule has 2 aromatic heterocycles. The van der Waals surface area contributed by atoms with Crippen LogP contribution in [0.5, 0.6) is 0 Å². The highest BCUT2D eigenvalue weighted by molar-refractivity contribution is 6.19. The lowest BCUT2D eigenvalue weighted by atomic mass is 9.94. The summed E-state index contributed by atoms with van der Waals surface area (Å²) in [6.45, 7) is 0. The summed E-state index contributed by atoms with van der Waals surface area (Å²) in [6.07, 6.45) is 0. The molecule has 7 rings (SSSR count). The zero-order valence-electron chi connectivity index (χ0n) is 17.7. The summed E-state index contributed by atoms with van der Waals surface area (Å²) in [6, 6.07) is 37.0. The van der Waals surface area contributed by atoms with Gasteiger partial charge in [-0.05, 0) is 45.8 Å². The minimum atomic E-state index is -0.0247. The molecule has 0 saturated heterocycles. The van der Waals surface area contributed by atoms with Crippen LogP contribution in [0.2, 0.25) is 0 Å². The number of fused-ring (bicyclic) bond motifs is 4. The number of benzene rings is 5. The van der Waals surface area contributed by atoms with Gasteiger partial charge in [0.1, 0.15) is 5.65 Å². The van der Waals surface area contributed by atoms with Crippen LogP contribution in [0.3, 0.4) is 0 Å². The molecule has 2 heterocycles. The summed E-state index contributed by atoms with van der Waals surface area (Å²) in [7, 11) is 0. The van der Waals surface area contributed by atoms with E-state index < -0.39 is 0 Å². The molecule has 0 fully saturated rings. The molecule has 0 aliphatic rings. The monoisotopic (exact) mass is 422 g/mol. The van der Waals surface area contributed by atoms with Crippen LogP contribution in [-0.2, 0) is 0 Å². The van der Waals surface area contributed by atoms with E-state index in [-0.39, 0.29) is 5.56 Å². The second-order valence-corrected chi connectivity index (χ2v) is 8.40. The van der Waals surface area contributed by atoms with Crippen molar-refractivity contribution in [3.8, 4) is 22.3 Å². The highest BCUT2D eigenvalue weighted by Crippen LogP contribution is 2.36. The number of imidazole rings is 1. The Labute approximate surface area is 189 Å². The summed E-state index contributed by atoms with van der Waals surface area (Å²) in [5.74, 6) is 0. The lowest BCUT2D eigenvalue weighted by Crippen LogP contribution is -2.13. The molecular formula is C30H18N2O. The summed E-state index contributed by atoms with van der Waals surface area (Å²) >= 11 is 0. The van der Waals surface area contributed by atoms with Crippen molar-refractivity contribution in [3.63, 3.8) is 0 Å². The molecule has 0 amide bonds. The summed E-state index contributed by atoms with van der Waals surface area (Å²) in [5, 5.41) is 3.78. The van der Waals surface area contributed by atoms with Gasteiger partial charge in [0.15, 0.2) is 0 Å². The zero-order valence-corrected chi connectivity index (χ0v) is 17.7. The van der Waals surface area contributed by atoms with Crippen LogP contribution < -0.4 is 5.56 Å². The molecule has 0 radical (unpaired) electrons. The van der Waals surface area contributed by atoms with E-state index in [1.54, 1.807) is 4.40 Å². The van der Waals surface area contributed by atoms with Crippen LogP contribution in [0.1, 0.15) is 0 Å². The van der Waals surface area contributed by atoms with Crippen molar-refractivity contribution in [2.24, 2.45) is 0 Å². The van der Waals surface area contributed by atoms with Crippen molar-refractivity contribution in [3.05, 3.63) is 120 Å². The maximum absolute atomic E-state index is 13.7. The number of aromatic nitrogens is 2. The number of hydrogen-bond acceptors (Lipinski definition) is 2. The lowest BCUT2D eigenvalue weighted by Gasteiger charge is -2.11. The van der Waals surface area contributed by atoms with Gasteiger partial charge in [-0.15, -0.1) is 0 Å². The van der Waals surface area contributed by atoms with E-state index in [0.29, 0.717) is 5.65 Å².